The van der Waals surface area contributed by atoms with Crippen LogP contribution in [0.25, 0.3) is 32.3 Å². The van der Waals surface area contributed by atoms with Crippen LogP contribution in [0.2, 0.25) is 25.1 Å². The van der Waals surface area contributed by atoms with E-state index in [2.05, 4.69) is 27.3 Å². The molecule has 3 heterocycles. The second-order valence-electron chi connectivity index (χ2n) is 9.07. The van der Waals surface area contributed by atoms with Gasteiger partial charge in [-0.2, -0.15) is 17.9 Å². The molecule has 0 aliphatic carbocycles. The van der Waals surface area contributed by atoms with E-state index >= 15 is 0 Å². The maximum atomic E-state index is 12.0. The predicted molar refractivity (Wildman–Crippen MR) is 195 cm³/mol. The van der Waals surface area contributed by atoms with Crippen LogP contribution in [0.3, 0.4) is 0 Å². The fraction of sp³-hybridized carbons (Fsp3) is 0.156. The van der Waals surface area contributed by atoms with Gasteiger partial charge in [0.05, 0.1) is 35.2 Å². The lowest BCUT2D eigenvalue weighted by molar-refractivity contribution is -0.139. The van der Waals surface area contributed by atoms with E-state index in [1.807, 2.05) is 6.07 Å². The molecule has 0 atom stereocenters. The lowest BCUT2D eigenvalue weighted by Crippen LogP contribution is -2.04. The lowest BCUT2D eigenvalue weighted by atomic mass is 10.1. The van der Waals surface area contributed by atoms with E-state index in [1.54, 1.807) is 68.8 Å². The second-order valence-corrected chi connectivity index (χ2v) is 12.5. The molecular weight excluding hydrogens is 746 g/mol. The number of fused-ring (bicyclic) bond motifs is 1. The van der Waals surface area contributed by atoms with Crippen molar-refractivity contribution in [3.05, 3.63) is 96.7 Å². The van der Waals surface area contributed by atoms with Gasteiger partial charge in [-0.1, -0.05) is 58.0 Å². The molecule has 5 aromatic rings. The smallest absolute Gasteiger partial charge is 0.350 e. The summed E-state index contributed by atoms with van der Waals surface area (Å²) in [6.45, 7) is 4.25. The van der Waals surface area contributed by atoms with Crippen LogP contribution >= 0.6 is 82.0 Å². The molecule has 0 bridgehead atoms. The van der Waals surface area contributed by atoms with E-state index in [4.69, 9.17) is 73.7 Å². The Balaban J connectivity index is 0.000000219. The highest BCUT2D eigenvalue weighted by molar-refractivity contribution is 7.81. The summed E-state index contributed by atoms with van der Waals surface area (Å²) >= 11 is 35.0. The number of thiol groups is 1. The fourth-order valence-electron chi connectivity index (χ4n) is 3.93. The first-order valence-corrected chi connectivity index (χ1v) is 16.8. The normalized spacial score (nSPS) is 10.2. The number of rotatable bonds is 6. The quantitative estimate of drug-likeness (QED) is 0.129. The van der Waals surface area contributed by atoms with Crippen LogP contribution in [0, 0.1) is 11.3 Å². The number of carbonyl (C=O) groups excluding carboxylic acids is 2. The summed E-state index contributed by atoms with van der Waals surface area (Å²) in [4.78, 5) is 30.7. The van der Waals surface area contributed by atoms with E-state index < -0.39 is 5.97 Å². The number of benzene rings is 2. The summed E-state index contributed by atoms with van der Waals surface area (Å²) in [5.74, 6) is -0.513. The van der Waals surface area contributed by atoms with E-state index in [0.717, 1.165) is 21.4 Å². The van der Waals surface area contributed by atoms with E-state index in [-0.39, 0.29) is 11.7 Å². The summed E-state index contributed by atoms with van der Waals surface area (Å²) in [7, 11) is 0. The number of nitrogen functional groups attached to an aromatic ring is 1. The number of carbonyl (C=O) groups is 2. The van der Waals surface area contributed by atoms with Crippen molar-refractivity contribution in [2.45, 2.75) is 13.8 Å². The molecule has 5 rings (SSSR count). The molecule has 0 fully saturated rings. The summed E-state index contributed by atoms with van der Waals surface area (Å²) in [5, 5.41) is 12.0. The zero-order chi connectivity index (χ0) is 34.7. The van der Waals surface area contributed by atoms with Gasteiger partial charge in [0.15, 0.2) is 0 Å². The van der Waals surface area contributed by atoms with Crippen molar-refractivity contribution < 1.29 is 19.1 Å². The SMILES string of the molecule is CCOC(=O)CS.CCOC(=O)c1sc2c(-c3cc(Cl)cc(Cl)c3)cncc2c1N.N#Cc1cncc(-c2cc(Cl)cc(Cl)c2)c1Cl. The van der Waals surface area contributed by atoms with Gasteiger partial charge < -0.3 is 15.2 Å². The van der Waals surface area contributed by atoms with Crippen molar-refractivity contribution in [1.82, 2.24) is 9.97 Å². The molecule has 0 radical (unpaired) electrons. The average Bonchev–Trinajstić information content (AvgIpc) is 3.37. The summed E-state index contributed by atoms with van der Waals surface area (Å²) in [6, 6.07) is 12.3. The number of anilines is 1. The minimum Gasteiger partial charge on any atom is -0.465 e. The Morgan fingerprint density at radius 2 is 1.34 bits per heavy atom. The molecule has 244 valence electrons. The monoisotopic (exact) mass is 768 g/mol. The summed E-state index contributed by atoms with van der Waals surface area (Å²) < 4.78 is 10.4. The molecule has 0 aliphatic heterocycles. The topological polar surface area (TPSA) is 128 Å². The molecule has 0 amide bonds. The maximum absolute atomic E-state index is 12.0. The highest BCUT2D eigenvalue weighted by Crippen LogP contribution is 2.40. The maximum Gasteiger partial charge on any atom is 0.350 e. The van der Waals surface area contributed by atoms with Crippen molar-refractivity contribution in [3.8, 4) is 28.3 Å². The van der Waals surface area contributed by atoms with Gasteiger partial charge >= 0.3 is 11.9 Å². The number of nitrogens with zero attached hydrogens (tertiary/aromatic N) is 3. The molecule has 3 aromatic heterocycles. The minimum atomic E-state index is -0.429. The number of hydrogen-bond donors (Lipinski definition) is 2. The second kappa shape index (κ2) is 18.3. The third-order valence-electron chi connectivity index (χ3n) is 5.88. The van der Waals surface area contributed by atoms with Crippen LogP contribution in [0.5, 0.6) is 0 Å². The number of thiophene rings is 1. The molecule has 0 saturated carbocycles. The molecule has 8 nitrogen and oxygen atoms in total. The number of esters is 2. The van der Waals surface area contributed by atoms with Gasteiger partial charge in [-0.25, -0.2) is 4.79 Å². The first kappa shape index (κ1) is 38.2. The van der Waals surface area contributed by atoms with Crippen molar-refractivity contribution in [3.63, 3.8) is 0 Å². The van der Waals surface area contributed by atoms with Gasteiger partial charge in [0.2, 0.25) is 0 Å². The molecule has 0 unspecified atom stereocenters. The third-order valence-corrected chi connectivity index (χ3v) is 8.65. The van der Waals surface area contributed by atoms with E-state index in [1.165, 1.54) is 17.5 Å². The third kappa shape index (κ3) is 10.4. The first-order valence-electron chi connectivity index (χ1n) is 13.5. The lowest BCUT2D eigenvalue weighted by Gasteiger charge is -2.06. The van der Waals surface area contributed by atoms with Gasteiger partial charge in [0.1, 0.15) is 10.9 Å². The summed E-state index contributed by atoms with van der Waals surface area (Å²) in [6.07, 6.45) is 6.33. The Hall–Kier alpha value is -3.27. The number of ether oxygens (including phenoxy) is 2. The van der Waals surface area contributed by atoms with Crippen molar-refractivity contribution >= 4 is 110 Å². The zero-order valence-corrected chi connectivity index (χ0v) is 30.2. The van der Waals surface area contributed by atoms with Gasteiger partial charge in [-0.15, -0.1) is 11.3 Å². The number of pyridine rings is 2. The average molecular weight is 771 g/mol. The zero-order valence-electron chi connectivity index (χ0n) is 24.7. The van der Waals surface area contributed by atoms with Crippen LogP contribution in [0.15, 0.2) is 61.2 Å². The van der Waals surface area contributed by atoms with Crippen LogP contribution in [-0.4, -0.2) is 40.9 Å². The molecule has 0 spiro atoms. The highest BCUT2D eigenvalue weighted by Gasteiger charge is 2.20. The van der Waals surface area contributed by atoms with Gasteiger partial charge in [0, 0.05) is 66.1 Å². The van der Waals surface area contributed by atoms with Gasteiger partial charge in [-0.3, -0.25) is 14.8 Å². The molecule has 2 N–H and O–H groups in total. The van der Waals surface area contributed by atoms with Gasteiger partial charge in [-0.05, 0) is 61.4 Å². The van der Waals surface area contributed by atoms with Crippen molar-refractivity contribution in [2.24, 2.45) is 0 Å². The molecule has 0 aliphatic rings. The number of nitrogens with two attached hydrogens (primary N) is 1. The Morgan fingerprint density at radius 3 is 1.83 bits per heavy atom. The Kier molecular flexibility index (Phi) is 14.9. The van der Waals surface area contributed by atoms with E-state index in [0.29, 0.717) is 65.4 Å². The van der Waals surface area contributed by atoms with Crippen molar-refractivity contribution in [1.29, 1.82) is 5.26 Å². The Bertz CT molecular complexity index is 1910. The minimum absolute atomic E-state index is 0.174. The standard InChI is InChI=1S/C16H12Cl2N2O2S.C12H5Cl3N2.C4H8O2S/c1-2-22-16(21)15-13(19)12-7-20-6-11(14(12)23-15)8-3-9(17)5-10(18)4-8;13-9-1-7(2-10(14)3-9)11-6-17-5-8(4-16)12(11)15;1-2-6-4(5)3-7/h3-7H,2,19H2,1H3;1-3,5-6H;7H,2-3H2,1H3. The Labute approximate surface area is 305 Å². The number of hydrogen-bond acceptors (Lipinski definition) is 10. The Morgan fingerprint density at radius 1 is 0.830 bits per heavy atom. The number of nitriles is 1. The largest absolute Gasteiger partial charge is 0.465 e. The fourth-order valence-corrected chi connectivity index (χ4v) is 6.44. The van der Waals surface area contributed by atoms with E-state index in [9.17, 15) is 9.59 Å². The first-order chi connectivity index (χ1) is 22.4. The van der Waals surface area contributed by atoms with Gasteiger partial charge in [0.25, 0.3) is 0 Å². The van der Waals surface area contributed by atoms with Crippen LogP contribution < -0.4 is 5.73 Å². The molecular formula is C32H25Cl5N4O4S2. The summed E-state index contributed by atoms with van der Waals surface area (Å²) in [5.41, 5.74) is 9.80. The number of aromatic nitrogens is 2. The van der Waals surface area contributed by atoms with Crippen LogP contribution in [0.1, 0.15) is 29.1 Å². The predicted octanol–water partition coefficient (Wildman–Crippen LogP) is 10.1. The highest BCUT2D eigenvalue weighted by atomic mass is 35.5. The van der Waals surface area contributed by atoms with Crippen LogP contribution in [-0.2, 0) is 14.3 Å². The number of halogens is 5. The molecule has 0 saturated heterocycles. The van der Waals surface area contributed by atoms with Crippen molar-refractivity contribution in [2.75, 3.05) is 24.7 Å². The molecule has 15 heteroatoms. The van der Waals surface area contributed by atoms with Crippen LogP contribution in [0.4, 0.5) is 5.69 Å². The molecule has 2 aromatic carbocycles. The molecule has 47 heavy (non-hydrogen) atoms.